The lowest BCUT2D eigenvalue weighted by Crippen LogP contribution is -1.96. The van der Waals surface area contributed by atoms with E-state index >= 15 is 0 Å². The average Bonchev–Trinajstić information content (AvgIpc) is 2.27. The van der Waals surface area contributed by atoms with Crippen LogP contribution in [0.15, 0.2) is 42.5 Å². The van der Waals surface area contributed by atoms with Crippen molar-refractivity contribution in [3.63, 3.8) is 0 Å². The third-order valence-electron chi connectivity index (χ3n) is 2.39. The summed E-state index contributed by atoms with van der Waals surface area (Å²) in [5.41, 5.74) is 1.88. The first kappa shape index (κ1) is 11.8. The summed E-state index contributed by atoms with van der Waals surface area (Å²) in [6.07, 6.45) is 0. The topological polar surface area (TPSA) is 29.5 Å². The highest BCUT2D eigenvalue weighted by Crippen LogP contribution is 2.23. The fourth-order valence-electron chi connectivity index (χ4n) is 1.59. The fourth-order valence-corrected chi connectivity index (χ4v) is 1.78. The SMILES string of the molecule is Cc1cc(O)cc(OCc2ccccc2Cl)c1. The van der Waals surface area contributed by atoms with E-state index in [1.165, 1.54) is 0 Å². The predicted octanol–water partition coefficient (Wildman–Crippen LogP) is 3.93. The standard InChI is InChI=1S/C14H13ClO2/c1-10-6-12(16)8-13(7-10)17-9-11-4-2-3-5-14(11)15/h2-8,16H,9H2,1H3. The van der Waals surface area contributed by atoms with Gasteiger partial charge in [0.05, 0.1) is 0 Å². The number of phenols is 1. The van der Waals surface area contributed by atoms with Crippen molar-refractivity contribution in [3.05, 3.63) is 58.6 Å². The van der Waals surface area contributed by atoms with Gasteiger partial charge in [0.2, 0.25) is 0 Å². The van der Waals surface area contributed by atoms with Crippen molar-refractivity contribution in [2.24, 2.45) is 0 Å². The molecule has 2 nitrogen and oxygen atoms in total. The van der Waals surface area contributed by atoms with Crippen molar-refractivity contribution in [2.75, 3.05) is 0 Å². The van der Waals surface area contributed by atoms with Gasteiger partial charge in [-0.05, 0) is 30.7 Å². The Balaban J connectivity index is 2.10. The molecule has 2 aromatic rings. The largest absolute Gasteiger partial charge is 0.508 e. The van der Waals surface area contributed by atoms with E-state index < -0.39 is 0 Å². The molecule has 0 bridgehead atoms. The molecule has 0 aliphatic rings. The zero-order valence-electron chi connectivity index (χ0n) is 9.48. The number of hydrogen-bond acceptors (Lipinski definition) is 2. The number of aryl methyl sites for hydroxylation is 1. The number of benzene rings is 2. The predicted molar refractivity (Wildman–Crippen MR) is 68.6 cm³/mol. The van der Waals surface area contributed by atoms with E-state index in [1.807, 2.05) is 37.3 Å². The minimum atomic E-state index is 0.208. The molecule has 1 N–H and O–H groups in total. The summed E-state index contributed by atoms with van der Waals surface area (Å²) < 4.78 is 5.59. The van der Waals surface area contributed by atoms with Crippen LogP contribution < -0.4 is 4.74 Å². The number of aromatic hydroxyl groups is 1. The fraction of sp³-hybridized carbons (Fsp3) is 0.143. The van der Waals surface area contributed by atoms with Crippen molar-refractivity contribution in [3.8, 4) is 11.5 Å². The van der Waals surface area contributed by atoms with E-state index in [2.05, 4.69) is 0 Å². The van der Waals surface area contributed by atoms with Crippen LogP contribution >= 0.6 is 11.6 Å². The molecule has 0 aromatic heterocycles. The first-order chi connectivity index (χ1) is 8.15. The van der Waals surface area contributed by atoms with Crippen LogP contribution in [0.1, 0.15) is 11.1 Å². The van der Waals surface area contributed by atoms with Crippen LogP contribution in [0.2, 0.25) is 5.02 Å². The highest BCUT2D eigenvalue weighted by molar-refractivity contribution is 6.31. The zero-order valence-corrected chi connectivity index (χ0v) is 10.2. The van der Waals surface area contributed by atoms with Crippen molar-refractivity contribution >= 4 is 11.6 Å². The van der Waals surface area contributed by atoms with Gasteiger partial charge >= 0.3 is 0 Å². The normalized spacial score (nSPS) is 10.2. The third-order valence-corrected chi connectivity index (χ3v) is 2.76. The molecule has 0 radical (unpaired) electrons. The highest BCUT2D eigenvalue weighted by Gasteiger charge is 2.02. The van der Waals surface area contributed by atoms with Gasteiger partial charge in [0.25, 0.3) is 0 Å². The molecule has 2 rings (SSSR count). The molecule has 0 saturated heterocycles. The maximum absolute atomic E-state index is 9.44. The second-order valence-electron chi connectivity index (χ2n) is 3.88. The summed E-state index contributed by atoms with van der Waals surface area (Å²) in [5, 5.41) is 10.1. The molecule has 0 unspecified atom stereocenters. The molecule has 88 valence electrons. The number of hydrogen-bond donors (Lipinski definition) is 1. The lowest BCUT2D eigenvalue weighted by Gasteiger charge is -2.08. The van der Waals surface area contributed by atoms with Crippen LogP contribution in [0.3, 0.4) is 0 Å². The molecule has 0 fully saturated rings. The van der Waals surface area contributed by atoms with Crippen LogP contribution in [0.25, 0.3) is 0 Å². The summed E-state index contributed by atoms with van der Waals surface area (Å²) in [6, 6.07) is 12.7. The van der Waals surface area contributed by atoms with Gasteiger partial charge in [0, 0.05) is 16.7 Å². The molecule has 17 heavy (non-hydrogen) atoms. The maximum atomic E-state index is 9.44. The molecule has 0 saturated carbocycles. The van der Waals surface area contributed by atoms with E-state index in [0.29, 0.717) is 17.4 Å². The Labute approximate surface area is 105 Å². The number of rotatable bonds is 3. The van der Waals surface area contributed by atoms with Crippen LogP contribution in [0, 0.1) is 6.92 Å². The molecular weight excluding hydrogens is 236 g/mol. The molecular formula is C14H13ClO2. The monoisotopic (exact) mass is 248 g/mol. The number of halogens is 1. The van der Waals surface area contributed by atoms with E-state index in [-0.39, 0.29) is 5.75 Å². The van der Waals surface area contributed by atoms with Crippen LogP contribution in [-0.2, 0) is 6.61 Å². The Hall–Kier alpha value is -1.67. The van der Waals surface area contributed by atoms with Gasteiger partial charge in [-0.3, -0.25) is 0 Å². The first-order valence-corrected chi connectivity index (χ1v) is 5.70. The van der Waals surface area contributed by atoms with Gasteiger partial charge in [0.15, 0.2) is 0 Å². The van der Waals surface area contributed by atoms with Crippen molar-refractivity contribution in [1.29, 1.82) is 0 Å². The smallest absolute Gasteiger partial charge is 0.123 e. The van der Waals surface area contributed by atoms with E-state index in [1.54, 1.807) is 12.1 Å². The van der Waals surface area contributed by atoms with Gasteiger partial charge in [0.1, 0.15) is 18.1 Å². The average molecular weight is 249 g/mol. The second kappa shape index (κ2) is 5.11. The lowest BCUT2D eigenvalue weighted by molar-refractivity contribution is 0.304. The molecule has 3 heteroatoms. The molecule has 0 aliphatic heterocycles. The van der Waals surface area contributed by atoms with E-state index in [4.69, 9.17) is 16.3 Å². The van der Waals surface area contributed by atoms with Crippen molar-refractivity contribution < 1.29 is 9.84 Å². The van der Waals surface area contributed by atoms with Gasteiger partial charge in [-0.25, -0.2) is 0 Å². The van der Waals surface area contributed by atoms with Crippen LogP contribution in [0.4, 0.5) is 0 Å². The third kappa shape index (κ3) is 3.14. The molecule has 0 aliphatic carbocycles. The molecule has 0 heterocycles. The Kier molecular flexibility index (Phi) is 3.55. The van der Waals surface area contributed by atoms with Crippen LogP contribution in [-0.4, -0.2) is 5.11 Å². The Morgan fingerprint density at radius 1 is 1.18 bits per heavy atom. The Morgan fingerprint density at radius 2 is 1.94 bits per heavy atom. The molecule has 2 aromatic carbocycles. The summed E-state index contributed by atoms with van der Waals surface area (Å²) in [4.78, 5) is 0. The lowest BCUT2D eigenvalue weighted by atomic mass is 10.2. The van der Waals surface area contributed by atoms with E-state index in [9.17, 15) is 5.11 Å². The van der Waals surface area contributed by atoms with Gasteiger partial charge in [-0.15, -0.1) is 0 Å². The first-order valence-electron chi connectivity index (χ1n) is 5.32. The zero-order chi connectivity index (χ0) is 12.3. The van der Waals surface area contributed by atoms with Crippen LogP contribution in [0.5, 0.6) is 11.5 Å². The summed E-state index contributed by atoms with van der Waals surface area (Å²) in [6.45, 7) is 2.30. The summed E-state index contributed by atoms with van der Waals surface area (Å²) in [7, 11) is 0. The summed E-state index contributed by atoms with van der Waals surface area (Å²) in [5.74, 6) is 0.849. The number of ether oxygens (including phenoxy) is 1. The van der Waals surface area contributed by atoms with Gasteiger partial charge in [-0.2, -0.15) is 0 Å². The summed E-state index contributed by atoms with van der Waals surface area (Å²) >= 11 is 6.02. The van der Waals surface area contributed by atoms with Crippen molar-refractivity contribution in [1.82, 2.24) is 0 Å². The Bertz CT molecular complexity index is 503. The quantitative estimate of drug-likeness (QED) is 0.892. The molecule has 0 amide bonds. The molecule has 0 spiro atoms. The Morgan fingerprint density at radius 3 is 2.65 bits per heavy atom. The highest BCUT2D eigenvalue weighted by atomic mass is 35.5. The van der Waals surface area contributed by atoms with Crippen molar-refractivity contribution in [2.45, 2.75) is 13.5 Å². The maximum Gasteiger partial charge on any atom is 0.123 e. The second-order valence-corrected chi connectivity index (χ2v) is 4.29. The van der Waals surface area contributed by atoms with E-state index in [0.717, 1.165) is 11.1 Å². The number of phenolic OH excluding ortho intramolecular Hbond substituents is 1. The minimum Gasteiger partial charge on any atom is -0.508 e. The minimum absolute atomic E-state index is 0.208. The van der Waals surface area contributed by atoms with Gasteiger partial charge in [-0.1, -0.05) is 29.8 Å². The van der Waals surface area contributed by atoms with Gasteiger partial charge < -0.3 is 9.84 Å². The molecule has 0 atom stereocenters.